The van der Waals surface area contributed by atoms with Gasteiger partial charge in [0.1, 0.15) is 11.5 Å². The zero-order valence-electron chi connectivity index (χ0n) is 16.6. The maximum Gasteiger partial charge on any atom is 0.231 e. The molecule has 1 aliphatic rings. The van der Waals surface area contributed by atoms with Gasteiger partial charge >= 0.3 is 0 Å². The van der Waals surface area contributed by atoms with E-state index in [4.69, 9.17) is 30.2 Å². The summed E-state index contributed by atoms with van der Waals surface area (Å²) in [5, 5.41) is 10.2. The molecule has 158 valence electrons. The Morgan fingerprint density at radius 1 is 1.13 bits per heavy atom. The van der Waals surface area contributed by atoms with Crippen molar-refractivity contribution in [3.05, 3.63) is 71.1 Å². The molecule has 0 bridgehead atoms. The second-order valence-electron chi connectivity index (χ2n) is 6.80. The predicted molar refractivity (Wildman–Crippen MR) is 117 cm³/mol. The maximum atomic E-state index is 6.32. The number of benzene rings is 2. The van der Waals surface area contributed by atoms with Crippen LogP contribution in [0.1, 0.15) is 11.3 Å². The number of rotatable bonds is 7. The molecule has 0 N–H and O–H groups in total. The molecule has 7 nitrogen and oxygen atoms in total. The van der Waals surface area contributed by atoms with E-state index in [0.29, 0.717) is 28.8 Å². The van der Waals surface area contributed by atoms with Crippen LogP contribution in [-0.4, -0.2) is 28.7 Å². The van der Waals surface area contributed by atoms with Crippen molar-refractivity contribution in [2.75, 3.05) is 13.9 Å². The highest BCUT2D eigenvalue weighted by atomic mass is 35.5. The van der Waals surface area contributed by atoms with Crippen molar-refractivity contribution in [3.63, 3.8) is 0 Å². The molecule has 9 heteroatoms. The number of hydrogen-bond donors (Lipinski definition) is 0. The summed E-state index contributed by atoms with van der Waals surface area (Å²) in [6, 6.07) is 15.4. The van der Waals surface area contributed by atoms with Gasteiger partial charge in [0.15, 0.2) is 22.5 Å². The number of ether oxygens (including phenoxy) is 3. The summed E-state index contributed by atoms with van der Waals surface area (Å²) in [5.41, 5.74) is 1.92. The summed E-state index contributed by atoms with van der Waals surface area (Å²) in [6.45, 7) is 0.698. The molecule has 0 unspecified atom stereocenters. The number of furan rings is 1. The normalized spacial score (nSPS) is 12.3. The summed E-state index contributed by atoms with van der Waals surface area (Å²) in [5.74, 6) is 4.21. The average Bonchev–Trinajstić information content (AvgIpc) is 3.54. The Hall–Kier alpha value is -3.10. The fourth-order valence-electron chi connectivity index (χ4n) is 3.32. The van der Waals surface area contributed by atoms with Crippen LogP contribution in [0.4, 0.5) is 0 Å². The number of nitrogens with zero attached hydrogens (tertiary/aromatic N) is 3. The third kappa shape index (κ3) is 4.08. The van der Waals surface area contributed by atoms with Crippen LogP contribution in [0.5, 0.6) is 17.2 Å². The van der Waals surface area contributed by atoms with Crippen LogP contribution in [0, 0.1) is 0 Å². The summed E-state index contributed by atoms with van der Waals surface area (Å²) in [4.78, 5) is 0. The van der Waals surface area contributed by atoms with E-state index in [1.54, 1.807) is 25.1 Å². The minimum absolute atomic E-state index is 0.188. The quantitative estimate of drug-likeness (QED) is 0.351. The molecule has 31 heavy (non-hydrogen) atoms. The smallest absolute Gasteiger partial charge is 0.231 e. The fourth-order valence-corrected chi connectivity index (χ4v) is 4.48. The van der Waals surface area contributed by atoms with Crippen LogP contribution in [-0.2, 0) is 12.3 Å². The van der Waals surface area contributed by atoms with Gasteiger partial charge in [0.25, 0.3) is 0 Å². The Labute approximate surface area is 187 Å². The Morgan fingerprint density at radius 2 is 2.06 bits per heavy atom. The standard InChI is InChI=1S/C22H18ClN3O4S/c1-27-16-5-2-4-15(10-16)21-24-25-22(26(21)11-17-6-3-7-28-17)31-12-14-8-18(23)20-19(9-14)29-13-30-20/h2-10H,11-13H2,1H3. The lowest BCUT2D eigenvalue weighted by Gasteiger charge is -2.10. The summed E-state index contributed by atoms with van der Waals surface area (Å²) in [7, 11) is 1.64. The molecule has 0 spiro atoms. The van der Waals surface area contributed by atoms with Crippen molar-refractivity contribution in [1.82, 2.24) is 14.8 Å². The zero-order valence-corrected chi connectivity index (χ0v) is 18.2. The second kappa shape index (κ2) is 8.56. The SMILES string of the molecule is COc1cccc(-c2nnc(SCc3cc(Cl)c4c(c3)OCO4)n2Cc2ccco2)c1. The van der Waals surface area contributed by atoms with Crippen LogP contribution in [0.3, 0.4) is 0 Å². The van der Waals surface area contributed by atoms with Crippen LogP contribution >= 0.6 is 23.4 Å². The van der Waals surface area contributed by atoms with Crippen molar-refractivity contribution >= 4 is 23.4 Å². The van der Waals surface area contributed by atoms with E-state index in [9.17, 15) is 0 Å². The first-order valence-electron chi connectivity index (χ1n) is 9.52. The summed E-state index contributed by atoms with van der Waals surface area (Å²) < 4.78 is 23.8. The van der Waals surface area contributed by atoms with Gasteiger partial charge in [-0.2, -0.15) is 0 Å². The average molecular weight is 456 g/mol. The highest BCUT2D eigenvalue weighted by Crippen LogP contribution is 2.41. The maximum absolute atomic E-state index is 6.32. The first-order valence-corrected chi connectivity index (χ1v) is 10.9. The van der Waals surface area contributed by atoms with Crippen LogP contribution in [0.2, 0.25) is 5.02 Å². The molecule has 0 radical (unpaired) electrons. The highest BCUT2D eigenvalue weighted by molar-refractivity contribution is 7.98. The number of fused-ring (bicyclic) bond motifs is 1. The van der Waals surface area contributed by atoms with Gasteiger partial charge in [-0.25, -0.2) is 0 Å². The Morgan fingerprint density at radius 3 is 2.90 bits per heavy atom. The first kappa shape index (κ1) is 19.8. The van der Waals surface area contributed by atoms with Crippen molar-refractivity contribution < 1.29 is 18.6 Å². The molecular formula is C22H18ClN3O4S. The minimum atomic E-state index is 0.188. The van der Waals surface area contributed by atoms with Crippen LogP contribution in [0.15, 0.2) is 64.4 Å². The van der Waals surface area contributed by atoms with E-state index in [2.05, 4.69) is 10.2 Å². The summed E-state index contributed by atoms with van der Waals surface area (Å²) >= 11 is 7.89. The lowest BCUT2D eigenvalue weighted by molar-refractivity contribution is 0.174. The molecule has 0 aliphatic carbocycles. The Bertz CT molecular complexity index is 1210. The van der Waals surface area contributed by atoms with E-state index in [-0.39, 0.29) is 6.79 Å². The number of thioether (sulfide) groups is 1. The number of methoxy groups -OCH3 is 1. The molecule has 0 saturated heterocycles. The number of aromatic nitrogens is 3. The van der Waals surface area contributed by atoms with Gasteiger partial charge < -0.3 is 18.6 Å². The summed E-state index contributed by atoms with van der Waals surface area (Å²) in [6.07, 6.45) is 1.66. The molecule has 3 heterocycles. The topological polar surface area (TPSA) is 71.5 Å². The molecule has 2 aromatic heterocycles. The second-order valence-corrected chi connectivity index (χ2v) is 8.15. The third-order valence-electron chi connectivity index (χ3n) is 4.79. The third-order valence-corrected chi connectivity index (χ3v) is 6.11. The Kier molecular flexibility index (Phi) is 5.48. The van der Waals surface area contributed by atoms with E-state index >= 15 is 0 Å². The lowest BCUT2D eigenvalue weighted by atomic mass is 10.2. The molecule has 0 atom stereocenters. The number of halogens is 1. The van der Waals surface area contributed by atoms with Gasteiger partial charge in [0.2, 0.25) is 6.79 Å². The van der Waals surface area contributed by atoms with Gasteiger partial charge in [-0.05, 0) is 42.0 Å². The van der Waals surface area contributed by atoms with E-state index in [1.807, 2.05) is 53.1 Å². The molecule has 0 fully saturated rings. The minimum Gasteiger partial charge on any atom is -0.497 e. The lowest BCUT2D eigenvalue weighted by Crippen LogP contribution is -2.03. The van der Waals surface area contributed by atoms with Gasteiger partial charge in [-0.3, -0.25) is 4.57 Å². The fraction of sp³-hybridized carbons (Fsp3) is 0.182. The monoisotopic (exact) mass is 455 g/mol. The van der Waals surface area contributed by atoms with Crippen molar-refractivity contribution in [1.29, 1.82) is 0 Å². The van der Waals surface area contributed by atoms with Gasteiger partial charge in [0, 0.05) is 11.3 Å². The van der Waals surface area contributed by atoms with Crippen molar-refractivity contribution in [3.8, 4) is 28.6 Å². The van der Waals surface area contributed by atoms with Gasteiger partial charge in [-0.1, -0.05) is 35.5 Å². The molecule has 2 aromatic carbocycles. The van der Waals surface area contributed by atoms with Crippen molar-refractivity contribution in [2.45, 2.75) is 17.5 Å². The van der Waals surface area contributed by atoms with Gasteiger partial charge in [-0.15, -0.1) is 10.2 Å². The van der Waals surface area contributed by atoms with Gasteiger partial charge in [0.05, 0.1) is 24.9 Å². The number of hydrogen-bond acceptors (Lipinski definition) is 7. The van der Waals surface area contributed by atoms with E-state index in [0.717, 1.165) is 33.6 Å². The van der Waals surface area contributed by atoms with E-state index in [1.165, 1.54) is 0 Å². The first-order chi connectivity index (χ1) is 15.2. The van der Waals surface area contributed by atoms with Crippen LogP contribution in [0.25, 0.3) is 11.4 Å². The molecule has 0 saturated carbocycles. The molecular weight excluding hydrogens is 438 g/mol. The van der Waals surface area contributed by atoms with E-state index < -0.39 is 0 Å². The highest BCUT2D eigenvalue weighted by Gasteiger charge is 2.20. The largest absolute Gasteiger partial charge is 0.497 e. The molecule has 1 aliphatic heterocycles. The predicted octanol–water partition coefficient (Wildman–Crippen LogP) is 5.27. The van der Waals surface area contributed by atoms with Crippen molar-refractivity contribution in [2.24, 2.45) is 0 Å². The molecule has 5 rings (SSSR count). The zero-order chi connectivity index (χ0) is 21.2. The molecule has 0 amide bonds. The molecule has 4 aromatic rings. The van der Waals surface area contributed by atoms with Crippen LogP contribution < -0.4 is 14.2 Å². The Balaban J connectivity index is 1.45.